The second-order valence-electron chi connectivity index (χ2n) is 10.6. The van der Waals surface area contributed by atoms with Crippen LogP contribution in [0.1, 0.15) is 62.1 Å². The van der Waals surface area contributed by atoms with Gasteiger partial charge in [-0.15, -0.1) is 0 Å². The number of urea groups is 1. The van der Waals surface area contributed by atoms with E-state index in [4.69, 9.17) is 4.74 Å². The second kappa shape index (κ2) is 12.6. The molecule has 4 heterocycles. The standard InChI is InChI=1S/C30H28F3N7O3S/c31-30(32,33)20-13-23(26(34-14-20)19-5-2-1-3-6-19)39-27(42)38-21-15-35-28(36-16-21)43-22-10-8-18(9-11-22)24-17-37-29(44-24)40-12-4-7-25(40)41/h8-11,13-17,19H,1-7,12H2,(H2,38,39,42). The highest BCUT2D eigenvalue weighted by molar-refractivity contribution is 7.19. The number of carbonyl (C=O) groups is 2. The van der Waals surface area contributed by atoms with E-state index in [0.717, 1.165) is 61.2 Å². The van der Waals surface area contributed by atoms with Crippen LogP contribution in [0.25, 0.3) is 10.4 Å². The van der Waals surface area contributed by atoms with Gasteiger partial charge in [-0.2, -0.15) is 13.2 Å². The smallest absolute Gasteiger partial charge is 0.417 e. The molecule has 0 spiro atoms. The van der Waals surface area contributed by atoms with Crippen LogP contribution in [-0.4, -0.2) is 38.4 Å². The van der Waals surface area contributed by atoms with E-state index in [0.29, 0.717) is 29.5 Å². The minimum absolute atomic E-state index is 0.0183. The summed E-state index contributed by atoms with van der Waals surface area (Å²) in [5.74, 6) is 0.558. The zero-order chi connectivity index (χ0) is 30.7. The molecule has 10 nitrogen and oxygen atoms in total. The fourth-order valence-corrected chi connectivity index (χ4v) is 6.28. The molecule has 2 N–H and O–H groups in total. The molecule has 6 rings (SSSR count). The van der Waals surface area contributed by atoms with Gasteiger partial charge in [0.15, 0.2) is 5.13 Å². The number of benzene rings is 1. The molecule has 0 bridgehead atoms. The molecule has 1 aliphatic heterocycles. The molecule has 4 aromatic rings. The van der Waals surface area contributed by atoms with Crippen LogP contribution >= 0.6 is 11.3 Å². The predicted molar refractivity (Wildman–Crippen MR) is 159 cm³/mol. The van der Waals surface area contributed by atoms with Crippen LogP contribution in [0.4, 0.5) is 34.5 Å². The molecule has 1 aromatic carbocycles. The summed E-state index contributed by atoms with van der Waals surface area (Å²) in [5, 5.41) is 5.78. The number of halogens is 3. The number of nitrogens with one attached hydrogen (secondary N) is 2. The lowest BCUT2D eigenvalue weighted by atomic mass is 9.86. The van der Waals surface area contributed by atoms with E-state index in [2.05, 4.69) is 30.6 Å². The number of thiazole rings is 1. The van der Waals surface area contributed by atoms with Crippen molar-refractivity contribution in [2.75, 3.05) is 22.1 Å². The van der Waals surface area contributed by atoms with Crippen molar-refractivity contribution in [2.45, 2.75) is 57.0 Å². The number of anilines is 3. The van der Waals surface area contributed by atoms with Crippen molar-refractivity contribution in [3.05, 3.63) is 66.4 Å². The highest BCUT2D eigenvalue weighted by Crippen LogP contribution is 2.38. The molecule has 44 heavy (non-hydrogen) atoms. The van der Waals surface area contributed by atoms with Gasteiger partial charge in [0.25, 0.3) is 0 Å². The topological polar surface area (TPSA) is 122 Å². The Bertz CT molecular complexity index is 1640. The largest absolute Gasteiger partial charge is 0.424 e. The molecule has 3 aromatic heterocycles. The zero-order valence-electron chi connectivity index (χ0n) is 23.4. The molecule has 1 aliphatic carbocycles. The molecule has 0 atom stereocenters. The third-order valence-electron chi connectivity index (χ3n) is 7.52. The van der Waals surface area contributed by atoms with E-state index in [1.54, 1.807) is 23.2 Å². The van der Waals surface area contributed by atoms with Crippen molar-refractivity contribution < 1.29 is 27.5 Å². The number of carbonyl (C=O) groups excluding carboxylic acids is 2. The van der Waals surface area contributed by atoms with Crippen LogP contribution in [0, 0.1) is 0 Å². The maximum Gasteiger partial charge on any atom is 0.417 e. The highest BCUT2D eigenvalue weighted by atomic mass is 32.1. The second-order valence-corrected chi connectivity index (χ2v) is 11.6. The summed E-state index contributed by atoms with van der Waals surface area (Å²) in [6, 6.07) is 7.47. The van der Waals surface area contributed by atoms with Gasteiger partial charge in [0.05, 0.1) is 39.9 Å². The Kier molecular flexibility index (Phi) is 8.42. The molecule has 2 aliphatic rings. The average Bonchev–Trinajstić information content (AvgIpc) is 3.67. The molecule has 0 unspecified atom stereocenters. The fourth-order valence-electron chi connectivity index (χ4n) is 5.32. The number of nitrogens with zero attached hydrogens (tertiary/aromatic N) is 5. The van der Waals surface area contributed by atoms with Gasteiger partial charge >= 0.3 is 18.2 Å². The first-order valence-corrected chi connectivity index (χ1v) is 15.1. The molecule has 228 valence electrons. The van der Waals surface area contributed by atoms with Gasteiger partial charge in [-0.05, 0) is 55.2 Å². The van der Waals surface area contributed by atoms with Gasteiger partial charge in [-0.25, -0.2) is 19.7 Å². The van der Waals surface area contributed by atoms with Crippen molar-refractivity contribution in [3.63, 3.8) is 0 Å². The number of amides is 3. The highest BCUT2D eigenvalue weighted by Gasteiger charge is 2.33. The van der Waals surface area contributed by atoms with Gasteiger partial charge in [0.1, 0.15) is 5.75 Å². The number of hydrogen-bond acceptors (Lipinski definition) is 8. The number of aromatic nitrogens is 4. The van der Waals surface area contributed by atoms with E-state index in [1.165, 1.54) is 23.7 Å². The third-order valence-corrected chi connectivity index (χ3v) is 8.59. The predicted octanol–water partition coefficient (Wildman–Crippen LogP) is 7.62. The van der Waals surface area contributed by atoms with Gasteiger partial charge < -0.3 is 15.4 Å². The van der Waals surface area contributed by atoms with Crippen molar-refractivity contribution in [1.82, 2.24) is 19.9 Å². The van der Waals surface area contributed by atoms with Crippen molar-refractivity contribution >= 4 is 39.8 Å². The fraction of sp³-hybridized carbons (Fsp3) is 0.333. The van der Waals surface area contributed by atoms with E-state index < -0.39 is 17.8 Å². The Morgan fingerprint density at radius 2 is 1.68 bits per heavy atom. The Labute approximate surface area is 254 Å². The molecule has 1 saturated carbocycles. The number of ether oxygens (including phenoxy) is 1. The van der Waals surface area contributed by atoms with Crippen LogP contribution in [0.5, 0.6) is 11.8 Å². The monoisotopic (exact) mass is 623 g/mol. The quantitative estimate of drug-likeness (QED) is 0.217. The molecule has 14 heteroatoms. The minimum atomic E-state index is -4.59. The summed E-state index contributed by atoms with van der Waals surface area (Å²) in [4.78, 5) is 44.1. The molecule has 1 saturated heterocycles. The number of hydrogen-bond donors (Lipinski definition) is 2. The van der Waals surface area contributed by atoms with Gasteiger partial charge in [-0.1, -0.05) is 30.6 Å². The normalized spacial score (nSPS) is 15.8. The third kappa shape index (κ3) is 6.80. The summed E-state index contributed by atoms with van der Waals surface area (Å²) < 4.78 is 45.8. The molecule has 3 amide bonds. The van der Waals surface area contributed by atoms with Crippen molar-refractivity contribution in [3.8, 4) is 22.2 Å². The maximum atomic E-state index is 13.4. The summed E-state index contributed by atoms with van der Waals surface area (Å²) in [6.45, 7) is 0.687. The summed E-state index contributed by atoms with van der Waals surface area (Å²) in [5.41, 5.74) is 0.702. The number of rotatable bonds is 7. The van der Waals surface area contributed by atoms with Crippen LogP contribution in [0.3, 0.4) is 0 Å². The van der Waals surface area contributed by atoms with Crippen LogP contribution in [0.15, 0.2) is 55.1 Å². The Morgan fingerprint density at radius 1 is 0.932 bits per heavy atom. The van der Waals surface area contributed by atoms with Gasteiger partial charge in [-0.3, -0.25) is 14.7 Å². The minimum Gasteiger partial charge on any atom is -0.424 e. The first kappa shape index (κ1) is 29.5. The molecule has 2 fully saturated rings. The number of alkyl halides is 3. The molecular weight excluding hydrogens is 595 g/mol. The Hall–Kier alpha value is -4.59. The lowest BCUT2D eigenvalue weighted by Gasteiger charge is -2.24. The molecular formula is C30H28F3N7O3S. The van der Waals surface area contributed by atoms with E-state index in [9.17, 15) is 22.8 Å². The maximum absolute atomic E-state index is 13.4. The Balaban J connectivity index is 1.07. The van der Waals surface area contributed by atoms with Crippen molar-refractivity contribution in [2.24, 2.45) is 0 Å². The molecule has 0 radical (unpaired) electrons. The van der Waals surface area contributed by atoms with Gasteiger partial charge in [0.2, 0.25) is 5.91 Å². The summed E-state index contributed by atoms with van der Waals surface area (Å²) >= 11 is 1.45. The average molecular weight is 624 g/mol. The lowest BCUT2D eigenvalue weighted by Crippen LogP contribution is -2.23. The van der Waals surface area contributed by atoms with E-state index in [-0.39, 0.29) is 29.2 Å². The first-order chi connectivity index (χ1) is 21.2. The summed E-state index contributed by atoms with van der Waals surface area (Å²) in [7, 11) is 0. The van der Waals surface area contributed by atoms with E-state index in [1.807, 2.05) is 12.1 Å². The van der Waals surface area contributed by atoms with Crippen LogP contribution in [-0.2, 0) is 11.0 Å². The Morgan fingerprint density at radius 3 is 2.36 bits per heavy atom. The van der Waals surface area contributed by atoms with Crippen molar-refractivity contribution in [1.29, 1.82) is 0 Å². The van der Waals surface area contributed by atoms with Crippen LogP contribution in [0.2, 0.25) is 0 Å². The van der Waals surface area contributed by atoms with E-state index >= 15 is 0 Å². The van der Waals surface area contributed by atoms with Gasteiger partial charge in [0, 0.05) is 31.3 Å². The van der Waals surface area contributed by atoms with Crippen LogP contribution < -0.4 is 20.3 Å². The zero-order valence-corrected chi connectivity index (χ0v) is 24.2. The lowest BCUT2D eigenvalue weighted by molar-refractivity contribution is -0.137. The first-order valence-electron chi connectivity index (χ1n) is 14.2. The SMILES string of the molecule is O=C(Nc1cnc(Oc2ccc(-c3cnc(N4CCCC4=O)s3)cc2)nc1)Nc1cc(C(F)(F)F)cnc1C1CCCCC1. The summed E-state index contributed by atoms with van der Waals surface area (Å²) in [6.07, 6.45) is 6.64. The number of pyridine rings is 1.